The van der Waals surface area contributed by atoms with Crippen LogP contribution in [0.5, 0.6) is 0 Å². The molecule has 0 aliphatic heterocycles. The molecule has 4 rings (SSSR count). The minimum absolute atomic E-state index is 0. The van der Waals surface area contributed by atoms with Crippen molar-refractivity contribution in [3.8, 4) is 11.1 Å². The Hall–Kier alpha value is -2.47. The zero-order valence-corrected chi connectivity index (χ0v) is 18.8. The monoisotopic (exact) mass is 504 g/mol. The van der Waals surface area contributed by atoms with Gasteiger partial charge in [0.25, 0.3) is 0 Å². The van der Waals surface area contributed by atoms with E-state index in [0.717, 1.165) is 31.1 Å². The molecule has 0 spiro atoms. The lowest BCUT2D eigenvalue weighted by Crippen LogP contribution is -2.25. The summed E-state index contributed by atoms with van der Waals surface area (Å²) < 4.78 is 83.2. The van der Waals surface area contributed by atoms with Gasteiger partial charge in [0, 0.05) is 18.2 Å². The van der Waals surface area contributed by atoms with E-state index in [1.807, 2.05) is 0 Å². The lowest BCUT2D eigenvalue weighted by Gasteiger charge is -2.12. The van der Waals surface area contributed by atoms with Crippen molar-refractivity contribution < 1.29 is 26.0 Å². The molecule has 1 saturated carbocycles. The number of alkyl halides is 3. The highest BCUT2D eigenvalue weighted by Crippen LogP contribution is 2.37. The average molecular weight is 505 g/mol. The van der Waals surface area contributed by atoms with Gasteiger partial charge in [-0.2, -0.15) is 13.2 Å². The van der Waals surface area contributed by atoms with Crippen molar-refractivity contribution in [2.24, 2.45) is 5.73 Å². The largest absolute Gasteiger partial charge is 0.416 e. The predicted octanol–water partition coefficient (Wildman–Crippen LogP) is 4.40. The highest BCUT2D eigenvalue weighted by Gasteiger charge is 2.32. The van der Waals surface area contributed by atoms with E-state index < -0.39 is 27.6 Å². The summed E-state index contributed by atoms with van der Waals surface area (Å²) in [5.74, 6) is -0.594. The Labute approximate surface area is 193 Å². The van der Waals surface area contributed by atoms with Gasteiger partial charge in [-0.25, -0.2) is 22.5 Å². The molecule has 178 valence electrons. The summed E-state index contributed by atoms with van der Waals surface area (Å²) in [5, 5.41) is 0. The summed E-state index contributed by atoms with van der Waals surface area (Å²) in [4.78, 5) is 4.21. The number of nitrogens with zero attached hydrogens (tertiary/aromatic N) is 2. The summed E-state index contributed by atoms with van der Waals surface area (Å²) >= 11 is 0. The van der Waals surface area contributed by atoms with Crippen LogP contribution in [0.3, 0.4) is 0 Å². The van der Waals surface area contributed by atoms with Gasteiger partial charge in [-0.15, -0.1) is 12.4 Å². The first-order chi connectivity index (χ1) is 15.1. The van der Waals surface area contributed by atoms with Crippen LogP contribution in [0.25, 0.3) is 22.2 Å². The Balaban J connectivity index is 0.00000306. The van der Waals surface area contributed by atoms with Gasteiger partial charge in [-0.3, -0.25) is 0 Å². The van der Waals surface area contributed by atoms with E-state index in [9.17, 15) is 26.0 Å². The molecule has 2 aromatic carbocycles. The van der Waals surface area contributed by atoms with E-state index >= 15 is 0 Å². The van der Waals surface area contributed by atoms with Crippen molar-refractivity contribution in [2.75, 3.05) is 6.54 Å². The minimum atomic E-state index is -4.64. The lowest BCUT2D eigenvalue weighted by atomic mass is 10.0. The number of halogens is 5. The minimum Gasteiger partial charge on any atom is -0.327 e. The summed E-state index contributed by atoms with van der Waals surface area (Å²) in [7, 11) is -3.69. The maximum absolute atomic E-state index is 14.0. The summed E-state index contributed by atoms with van der Waals surface area (Å²) in [6.07, 6.45) is -0.681. The fourth-order valence-electron chi connectivity index (χ4n) is 3.33. The molecule has 1 fully saturated rings. The number of allylic oxidation sites excluding steroid dienone is 1. The fourth-order valence-corrected chi connectivity index (χ4v) is 4.64. The maximum atomic E-state index is 14.0. The van der Waals surface area contributed by atoms with E-state index in [4.69, 9.17) is 5.73 Å². The van der Waals surface area contributed by atoms with Crippen LogP contribution in [0.2, 0.25) is 0 Å². The Morgan fingerprint density at radius 3 is 2.45 bits per heavy atom. The number of aromatic nitrogens is 2. The molecule has 3 aromatic rings. The third-order valence-corrected chi connectivity index (χ3v) is 6.62. The molecule has 0 amide bonds. The molecule has 0 radical (unpaired) electrons. The number of hydrogen-bond acceptors (Lipinski definition) is 4. The van der Waals surface area contributed by atoms with E-state index in [0.29, 0.717) is 5.56 Å². The summed E-state index contributed by atoms with van der Waals surface area (Å²) in [6.45, 7) is -0.346. The number of sulfonamides is 1. The number of nitrogens with one attached hydrogen (secondary N) is 1. The van der Waals surface area contributed by atoms with Crippen LogP contribution in [0, 0.1) is 0 Å². The molecule has 1 aliphatic carbocycles. The Bertz CT molecular complexity index is 1280. The second kappa shape index (κ2) is 9.41. The first kappa shape index (κ1) is 25.2. The molecule has 33 heavy (non-hydrogen) atoms. The number of hydrogen-bond donors (Lipinski definition) is 2. The third-order valence-electron chi connectivity index (χ3n) is 5.09. The van der Waals surface area contributed by atoms with E-state index in [2.05, 4.69) is 9.71 Å². The van der Waals surface area contributed by atoms with Gasteiger partial charge in [-0.05, 0) is 48.7 Å². The van der Waals surface area contributed by atoms with Crippen molar-refractivity contribution in [1.29, 1.82) is 0 Å². The molecule has 0 unspecified atom stereocenters. The molecule has 0 bridgehead atoms. The molecule has 0 saturated heterocycles. The topological polar surface area (TPSA) is 90.0 Å². The predicted molar refractivity (Wildman–Crippen MR) is 119 cm³/mol. The maximum Gasteiger partial charge on any atom is 0.416 e. The number of benzene rings is 2. The summed E-state index contributed by atoms with van der Waals surface area (Å²) in [6, 6.07) is 7.35. The third kappa shape index (κ3) is 5.55. The molecule has 12 heteroatoms. The molecular formula is C21H21ClF4N4O2S. The first-order valence-electron chi connectivity index (χ1n) is 9.82. The second-order valence-electron chi connectivity index (χ2n) is 7.57. The number of nitrogens with two attached hydrogens (primary N) is 1. The normalized spacial score (nSPS) is 15.0. The van der Waals surface area contributed by atoms with Gasteiger partial charge in [0.15, 0.2) is 0 Å². The van der Waals surface area contributed by atoms with Crippen molar-refractivity contribution in [1.82, 2.24) is 14.3 Å². The van der Waals surface area contributed by atoms with Crippen LogP contribution >= 0.6 is 12.4 Å². The van der Waals surface area contributed by atoms with Gasteiger partial charge in [-0.1, -0.05) is 12.1 Å². The highest BCUT2D eigenvalue weighted by molar-refractivity contribution is 7.89. The Morgan fingerprint density at radius 1 is 1.21 bits per heavy atom. The van der Waals surface area contributed by atoms with E-state index in [1.54, 1.807) is 0 Å². The second-order valence-corrected chi connectivity index (χ2v) is 9.28. The van der Waals surface area contributed by atoms with Gasteiger partial charge in [0.05, 0.1) is 34.4 Å². The van der Waals surface area contributed by atoms with Crippen LogP contribution in [-0.2, 0) is 22.7 Å². The van der Waals surface area contributed by atoms with Gasteiger partial charge in [0.1, 0.15) is 5.83 Å². The molecule has 1 heterocycles. The lowest BCUT2D eigenvalue weighted by molar-refractivity contribution is -0.137. The van der Waals surface area contributed by atoms with Crippen molar-refractivity contribution >= 4 is 33.5 Å². The SMILES string of the molecule is Cl.NC/C=C(\F)Cn1cnc2c(-c3ccc(S(=O)(=O)NC4CC4)cc3)cc(C(F)(F)F)cc21. The quantitative estimate of drug-likeness (QED) is 0.467. The summed E-state index contributed by atoms with van der Waals surface area (Å²) in [5.41, 5.74) is 5.23. The molecule has 0 atom stereocenters. The molecular weight excluding hydrogens is 484 g/mol. The van der Waals surface area contributed by atoms with Crippen LogP contribution in [0.15, 0.2) is 59.5 Å². The fraction of sp³-hybridized carbons (Fsp3) is 0.286. The molecule has 6 nitrogen and oxygen atoms in total. The van der Waals surface area contributed by atoms with E-state index in [1.165, 1.54) is 35.2 Å². The number of rotatable bonds is 7. The number of fused-ring (bicyclic) bond motifs is 1. The van der Waals surface area contributed by atoms with Gasteiger partial charge < -0.3 is 10.3 Å². The molecule has 1 aromatic heterocycles. The smallest absolute Gasteiger partial charge is 0.327 e. The molecule has 1 aliphatic rings. The van der Waals surface area contributed by atoms with E-state index in [-0.39, 0.29) is 53.0 Å². The standard InChI is InChI=1S/C21H20F4N4O2S.ClH/c22-15(7-8-26)11-29-12-27-20-18(9-14(10-19(20)29)21(23,24)25)13-1-5-17(6-2-13)32(30,31)28-16-3-4-16;/h1-2,5-7,9-10,12,16,28H,3-4,8,11,26H2;1H/b15-7-;. The molecule has 3 N–H and O–H groups in total. The van der Waals surface area contributed by atoms with Crippen LogP contribution in [0.1, 0.15) is 18.4 Å². The van der Waals surface area contributed by atoms with Gasteiger partial charge >= 0.3 is 6.18 Å². The zero-order chi connectivity index (χ0) is 23.1. The van der Waals surface area contributed by atoms with Gasteiger partial charge in [0.2, 0.25) is 10.0 Å². The zero-order valence-electron chi connectivity index (χ0n) is 17.1. The average Bonchev–Trinajstić information content (AvgIpc) is 3.44. The Kier molecular flexibility index (Phi) is 7.18. The Morgan fingerprint density at radius 2 is 1.88 bits per heavy atom. The first-order valence-corrected chi connectivity index (χ1v) is 11.3. The van der Waals surface area contributed by atoms with Crippen LogP contribution in [0.4, 0.5) is 17.6 Å². The van der Waals surface area contributed by atoms with Crippen molar-refractivity contribution in [3.05, 3.63) is 60.2 Å². The van der Waals surface area contributed by atoms with Crippen molar-refractivity contribution in [2.45, 2.75) is 36.5 Å². The van der Waals surface area contributed by atoms with Crippen LogP contribution in [-0.4, -0.2) is 30.6 Å². The number of imidazole rings is 1. The highest BCUT2D eigenvalue weighted by atomic mass is 35.5. The van der Waals surface area contributed by atoms with Crippen LogP contribution < -0.4 is 10.5 Å². The van der Waals surface area contributed by atoms with Crippen molar-refractivity contribution in [3.63, 3.8) is 0 Å².